The fraction of sp³-hybridized carbons (Fsp3) is 0.450. The molecule has 0 saturated heterocycles. The molecule has 0 aliphatic carbocycles. The lowest BCUT2D eigenvalue weighted by Gasteiger charge is -2.35. The Bertz CT molecular complexity index is 870. The van der Waals surface area contributed by atoms with Gasteiger partial charge in [0.25, 0.3) is 0 Å². The summed E-state index contributed by atoms with van der Waals surface area (Å²) < 4.78 is 22.4. The number of likely N-dealkylation sites (N-methyl/N-ethyl adjacent to an activating group) is 1. The van der Waals surface area contributed by atoms with E-state index in [0.717, 1.165) is 35.6 Å². The van der Waals surface area contributed by atoms with Gasteiger partial charge in [-0.25, -0.2) is 0 Å². The molecule has 0 amide bonds. The number of furan rings is 1. The maximum atomic E-state index is 13.0. The summed E-state index contributed by atoms with van der Waals surface area (Å²) in [6.45, 7) is 4.76. The minimum absolute atomic E-state index is 0.0729. The van der Waals surface area contributed by atoms with Crippen LogP contribution in [-0.4, -0.2) is 38.2 Å². The van der Waals surface area contributed by atoms with Crippen LogP contribution in [0.3, 0.4) is 0 Å². The molecule has 6 heteroatoms. The quantitative estimate of drug-likeness (QED) is 0.781. The van der Waals surface area contributed by atoms with Crippen molar-refractivity contribution in [3.8, 4) is 17.2 Å². The van der Waals surface area contributed by atoms with Gasteiger partial charge < -0.3 is 18.6 Å². The highest BCUT2D eigenvalue weighted by molar-refractivity contribution is 5.97. The van der Waals surface area contributed by atoms with E-state index in [1.165, 1.54) is 0 Å². The van der Waals surface area contributed by atoms with Crippen molar-refractivity contribution in [3.05, 3.63) is 40.3 Å². The van der Waals surface area contributed by atoms with Crippen LogP contribution in [0.4, 0.5) is 0 Å². The Morgan fingerprint density at radius 1 is 1.31 bits per heavy atom. The van der Waals surface area contributed by atoms with E-state index in [1.54, 1.807) is 7.11 Å². The first-order chi connectivity index (χ1) is 12.5. The molecule has 0 fully saturated rings. The SMILES string of the molecule is COc1c2c(cc3c1[C@H](CC(=O)c1cc(C)oc1C)N(C)CC3)OCO2. The highest BCUT2D eigenvalue weighted by atomic mass is 16.7. The van der Waals surface area contributed by atoms with Crippen molar-refractivity contribution in [1.29, 1.82) is 0 Å². The molecular formula is C20H23NO5. The fourth-order valence-corrected chi connectivity index (χ4v) is 3.98. The number of ether oxygens (including phenoxy) is 3. The van der Waals surface area contributed by atoms with Crippen molar-refractivity contribution in [2.45, 2.75) is 32.7 Å². The molecular weight excluding hydrogens is 334 g/mol. The molecule has 0 spiro atoms. The van der Waals surface area contributed by atoms with E-state index in [4.69, 9.17) is 18.6 Å². The third-order valence-electron chi connectivity index (χ3n) is 5.27. The van der Waals surface area contributed by atoms with Crippen LogP contribution >= 0.6 is 0 Å². The number of aryl methyl sites for hydroxylation is 2. The summed E-state index contributed by atoms with van der Waals surface area (Å²) in [6, 6.07) is 3.77. The Labute approximate surface area is 152 Å². The van der Waals surface area contributed by atoms with E-state index >= 15 is 0 Å². The lowest BCUT2D eigenvalue weighted by molar-refractivity contribution is 0.0924. The average molecular weight is 357 g/mol. The zero-order valence-corrected chi connectivity index (χ0v) is 15.5. The first kappa shape index (κ1) is 17.0. The molecule has 2 aliphatic rings. The number of methoxy groups -OCH3 is 1. The maximum Gasteiger partial charge on any atom is 0.231 e. The topological polar surface area (TPSA) is 61.1 Å². The van der Waals surface area contributed by atoms with E-state index in [-0.39, 0.29) is 18.6 Å². The van der Waals surface area contributed by atoms with Crippen molar-refractivity contribution in [2.75, 3.05) is 27.5 Å². The normalized spacial score (nSPS) is 18.7. The Kier molecular flexibility index (Phi) is 4.15. The van der Waals surface area contributed by atoms with Gasteiger partial charge in [-0.15, -0.1) is 0 Å². The predicted octanol–water partition coefficient (Wildman–Crippen LogP) is 3.44. The summed E-state index contributed by atoms with van der Waals surface area (Å²) in [4.78, 5) is 15.2. The van der Waals surface area contributed by atoms with E-state index < -0.39 is 0 Å². The van der Waals surface area contributed by atoms with Gasteiger partial charge in [0.1, 0.15) is 11.5 Å². The van der Waals surface area contributed by atoms with Crippen molar-refractivity contribution < 1.29 is 23.4 Å². The third kappa shape index (κ3) is 2.65. The molecule has 3 heterocycles. The smallest absolute Gasteiger partial charge is 0.231 e. The molecule has 1 aromatic heterocycles. The minimum atomic E-state index is -0.0784. The van der Waals surface area contributed by atoms with Crippen molar-refractivity contribution in [2.24, 2.45) is 0 Å². The lowest BCUT2D eigenvalue weighted by atomic mass is 9.87. The van der Waals surface area contributed by atoms with E-state index in [0.29, 0.717) is 29.2 Å². The standard InChI is InChI=1S/C20H23NO5/c1-11-7-14(12(2)26-11)16(22)9-15-18-13(5-6-21(15)3)8-17-19(20(18)23-4)25-10-24-17/h7-8,15H,5-6,9-10H2,1-4H3/t15-/m0/s1. The van der Waals surface area contributed by atoms with Gasteiger partial charge in [0.2, 0.25) is 12.5 Å². The second-order valence-corrected chi connectivity index (χ2v) is 6.92. The molecule has 0 bridgehead atoms. The highest BCUT2D eigenvalue weighted by Gasteiger charge is 2.35. The molecule has 0 N–H and O–H groups in total. The van der Waals surface area contributed by atoms with Crippen molar-refractivity contribution in [3.63, 3.8) is 0 Å². The van der Waals surface area contributed by atoms with Gasteiger partial charge in [-0.1, -0.05) is 0 Å². The van der Waals surface area contributed by atoms with Gasteiger partial charge in [-0.2, -0.15) is 0 Å². The van der Waals surface area contributed by atoms with Crippen LogP contribution < -0.4 is 14.2 Å². The second kappa shape index (κ2) is 6.36. The molecule has 0 unspecified atom stereocenters. The number of benzene rings is 1. The van der Waals surface area contributed by atoms with Gasteiger partial charge in [0.15, 0.2) is 17.3 Å². The summed E-state index contributed by atoms with van der Waals surface area (Å²) in [5, 5.41) is 0. The molecule has 0 saturated carbocycles. The number of hydrogen-bond donors (Lipinski definition) is 0. The summed E-state index contributed by atoms with van der Waals surface area (Å²) in [7, 11) is 3.67. The number of carbonyl (C=O) groups excluding carboxylic acids is 1. The Hall–Kier alpha value is -2.47. The van der Waals surface area contributed by atoms with Crippen molar-refractivity contribution >= 4 is 5.78 Å². The van der Waals surface area contributed by atoms with Crippen molar-refractivity contribution in [1.82, 2.24) is 4.90 Å². The van der Waals surface area contributed by atoms with Crippen LogP contribution in [0.5, 0.6) is 17.2 Å². The Balaban J connectivity index is 1.74. The number of ketones is 1. The first-order valence-electron chi connectivity index (χ1n) is 8.79. The molecule has 1 aromatic carbocycles. The fourth-order valence-electron chi connectivity index (χ4n) is 3.98. The van der Waals surface area contributed by atoms with Gasteiger partial charge in [-0.3, -0.25) is 9.69 Å². The number of rotatable bonds is 4. The summed E-state index contributed by atoms with van der Waals surface area (Å²) in [6.07, 6.45) is 1.24. The Morgan fingerprint density at radius 2 is 2.12 bits per heavy atom. The zero-order valence-electron chi connectivity index (χ0n) is 15.5. The molecule has 2 aliphatic heterocycles. The largest absolute Gasteiger partial charge is 0.492 e. The predicted molar refractivity (Wildman–Crippen MR) is 95.3 cm³/mol. The molecule has 4 rings (SSSR count). The Morgan fingerprint density at radius 3 is 2.81 bits per heavy atom. The molecule has 2 aromatic rings. The summed E-state index contributed by atoms with van der Waals surface area (Å²) >= 11 is 0. The maximum absolute atomic E-state index is 13.0. The third-order valence-corrected chi connectivity index (χ3v) is 5.27. The van der Waals surface area contributed by atoms with Crippen LogP contribution in [0.1, 0.15) is 45.5 Å². The van der Waals surface area contributed by atoms with Gasteiger partial charge >= 0.3 is 0 Å². The summed E-state index contributed by atoms with van der Waals surface area (Å²) in [5.74, 6) is 3.53. The number of carbonyl (C=O) groups is 1. The van der Waals surface area contributed by atoms with Crippen LogP contribution in [0.15, 0.2) is 16.5 Å². The van der Waals surface area contributed by atoms with Crippen LogP contribution in [0.25, 0.3) is 0 Å². The van der Waals surface area contributed by atoms with Crippen LogP contribution in [0, 0.1) is 13.8 Å². The van der Waals surface area contributed by atoms with E-state index in [9.17, 15) is 4.79 Å². The second-order valence-electron chi connectivity index (χ2n) is 6.92. The van der Waals surface area contributed by atoms with E-state index in [2.05, 4.69) is 4.90 Å². The zero-order chi connectivity index (χ0) is 18.4. The van der Waals surface area contributed by atoms with Gasteiger partial charge in [0.05, 0.1) is 12.7 Å². The average Bonchev–Trinajstić information content (AvgIpc) is 3.21. The monoisotopic (exact) mass is 357 g/mol. The molecule has 26 heavy (non-hydrogen) atoms. The lowest BCUT2D eigenvalue weighted by Crippen LogP contribution is -2.34. The van der Waals surface area contributed by atoms with Gasteiger partial charge in [0, 0.05) is 24.6 Å². The summed E-state index contributed by atoms with van der Waals surface area (Å²) in [5.41, 5.74) is 2.83. The molecule has 6 nitrogen and oxygen atoms in total. The molecule has 138 valence electrons. The molecule has 1 atom stereocenters. The minimum Gasteiger partial charge on any atom is -0.492 e. The number of fused-ring (bicyclic) bond motifs is 2. The highest BCUT2D eigenvalue weighted by Crippen LogP contribution is 2.50. The molecule has 0 radical (unpaired) electrons. The number of nitrogens with zero attached hydrogens (tertiary/aromatic N) is 1. The number of hydrogen-bond acceptors (Lipinski definition) is 6. The van der Waals surface area contributed by atoms with Gasteiger partial charge in [-0.05, 0) is 45.0 Å². The van der Waals surface area contributed by atoms with Crippen LogP contribution in [0.2, 0.25) is 0 Å². The first-order valence-corrected chi connectivity index (χ1v) is 8.79. The number of Topliss-reactive ketones (excluding diaryl/α,β-unsaturated/α-hetero) is 1. The van der Waals surface area contributed by atoms with E-state index in [1.807, 2.05) is 33.0 Å². The van der Waals surface area contributed by atoms with Crippen LogP contribution in [-0.2, 0) is 6.42 Å².